The average molecular weight is 278 g/mol. The lowest BCUT2D eigenvalue weighted by molar-refractivity contribution is 0.761. The Morgan fingerprint density at radius 2 is 2.00 bits per heavy atom. The fourth-order valence-corrected chi connectivity index (χ4v) is 1.67. The summed E-state index contributed by atoms with van der Waals surface area (Å²) in [6.07, 6.45) is 0. The molecule has 1 heterocycles. The van der Waals surface area contributed by atoms with Gasteiger partial charge in [-0.3, -0.25) is 0 Å². The Hall–Kier alpha value is -0.840. The molecule has 1 aromatic carbocycles. The largest absolute Gasteiger partial charge is 0.196 e. The Balaban J connectivity index is 2.50. The van der Waals surface area contributed by atoms with Gasteiger partial charge in [-0.05, 0) is 35.5 Å². The molecular weight excluding hydrogens is 270 g/mol. The van der Waals surface area contributed by atoms with Crippen LogP contribution < -0.4 is 0 Å². The zero-order valence-electron chi connectivity index (χ0n) is 8.23. The summed E-state index contributed by atoms with van der Waals surface area (Å²) < 4.78 is 1.53. The molecule has 0 aliphatic heterocycles. The molecule has 1 aromatic heterocycles. The van der Waals surface area contributed by atoms with Crippen molar-refractivity contribution in [3.8, 4) is 5.69 Å². The highest BCUT2D eigenvalue weighted by Crippen LogP contribution is 2.26. The van der Waals surface area contributed by atoms with E-state index < -0.39 is 0 Å². The van der Waals surface area contributed by atoms with E-state index in [1.54, 1.807) is 25.1 Å². The molecule has 4 nitrogen and oxygen atoms in total. The van der Waals surface area contributed by atoms with Crippen molar-refractivity contribution in [2.75, 3.05) is 0 Å². The SMILES string of the molecule is CC(Cl)c1nnnn1-c1ccc(Cl)c(Cl)c1. The minimum Gasteiger partial charge on any atom is -0.196 e. The first kappa shape index (κ1) is 11.6. The molecule has 0 N–H and O–H groups in total. The molecule has 84 valence electrons. The number of nitrogens with zero attached hydrogens (tertiary/aromatic N) is 4. The first-order valence-electron chi connectivity index (χ1n) is 4.47. The summed E-state index contributed by atoms with van der Waals surface area (Å²) in [4.78, 5) is 0. The topological polar surface area (TPSA) is 43.6 Å². The molecular formula is C9H7Cl3N4. The number of alkyl halides is 1. The third-order valence-electron chi connectivity index (χ3n) is 2.00. The number of aromatic nitrogens is 4. The Kier molecular flexibility index (Phi) is 3.33. The summed E-state index contributed by atoms with van der Waals surface area (Å²) in [5.74, 6) is 0.556. The van der Waals surface area contributed by atoms with Gasteiger partial charge in [0, 0.05) is 0 Å². The maximum absolute atomic E-state index is 5.95. The molecule has 1 atom stereocenters. The second kappa shape index (κ2) is 4.57. The first-order valence-corrected chi connectivity index (χ1v) is 5.66. The van der Waals surface area contributed by atoms with E-state index in [1.165, 1.54) is 4.68 Å². The van der Waals surface area contributed by atoms with Crippen LogP contribution in [0, 0.1) is 0 Å². The van der Waals surface area contributed by atoms with E-state index >= 15 is 0 Å². The lowest BCUT2D eigenvalue weighted by Crippen LogP contribution is -2.03. The first-order chi connectivity index (χ1) is 7.59. The normalized spacial score (nSPS) is 12.8. The molecule has 7 heteroatoms. The van der Waals surface area contributed by atoms with Gasteiger partial charge in [0.05, 0.1) is 21.1 Å². The number of hydrogen-bond donors (Lipinski definition) is 0. The lowest BCUT2D eigenvalue weighted by Gasteiger charge is -2.06. The van der Waals surface area contributed by atoms with Gasteiger partial charge >= 0.3 is 0 Å². The van der Waals surface area contributed by atoms with Crippen LogP contribution in [-0.4, -0.2) is 20.2 Å². The lowest BCUT2D eigenvalue weighted by atomic mass is 10.3. The van der Waals surface area contributed by atoms with Crippen molar-refractivity contribution >= 4 is 34.8 Å². The molecule has 0 saturated heterocycles. The molecule has 1 unspecified atom stereocenters. The minimum atomic E-state index is -0.288. The number of halogens is 3. The molecule has 0 amide bonds. The Morgan fingerprint density at radius 1 is 1.25 bits per heavy atom. The van der Waals surface area contributed by atoms with Gasteiger partial charge in [-0.1, -0.05) is 23.2 Å². The summed E-state index contributed by atoms with van der Waals surface area (Å²) in [6, 6.07) is 5.14. The van der Waals surface area contributed by atoms with Crippen molar-refractivity contribution in [3.63, 3.8) is 0 Å². The van der Waals surface area contributed by atoms with Crippen LogP contribution in [0.1, 0.15) is 18.1 Å². The summed E-state index contributed by atoms with van der Waals surface area (Å²) in [6.45, 7) is 1.79. The quantitative estimate of drug-likeness (QED) is 0.791. The molecule has 0 saturated carbocycles. The van der Waals surface area contributed by atoms with Crippen molar-refractivity contribution in [1.82, 2.24) is 20.2 Å². The van der Waals surface area contributed by atoms with E-state index in [1.807, 2.05) is 0 Å². The average Bonchev–Trinajstić information content (AvgIpc) is 2.71. The fraction of sp³-hybridized carbons (Fsp3) is 0.222. The molecule has 0 aliphatic carbocycles. The summed E-state index contributed by atoms with van der Waals surface area (Å²) in [5, 5.41) is 11.9. The van der Waals surface area contributed by atoms with Crippen molar-refractivity contribution in [1.29, 1.82) is 0 Å². The monoisotopic (exact) mass is 276 g/mol. The second-order valence-corrected chi connectivity index (χ2v) is 4.63. The zero-order valence-corrected chi connectivity index (χ0v) is 10.5. The standard InChI is InChI=1S/C9H7Cl3N4/c1-5(10)9-13-14-15-16(9)6-2-3-7(11)8(12)4-6/h2-5H,1H3. The van der Waals surface area contributed by atoms with Gasteiger partial charge in [0.1, 0.15) is 0 Å². The van der Waals surface area contributed by atoms with Crippen molar-refractivity contribution in [3.05, 3.63) is 34.1 Å². The van der Waals surface area contributed by atoms with Gasteiger partial charge in [-0.15, -0.1) is 16.7 Å². The van der Waals surface area contributed by atoms with Gasteiger partial charge in [0.15, 0.2) is 5.82 Å². The van der Waals surface area contributed by atoms with Crippen molar-refractivity contribution < 1.29 is 0 Å². The van der Waals surface area contributed by atoms with E-state index in [2.05, 4.69) is 15.5 Å². The van der Waals surface area contributed by atoms with Crippen LogP contribution in [0.2, 0.25) is 10.0 Å². The Bertz CT molecular complexity index is 509. The number of benzene rings is 1. The predicted molar refractivity (Wildman–Crippen MR) is 63.4 cm³/mol. The molecule has 16 heavy (non-hydrogen) atoms. The van der Waals surface area contributed by atoms with Crippen LogP contribution in [0.4, 0.5) is 0 Å². The smallest absolute Gasteiger partial charge is 0.174 e. The maximum atomic E-state index is 5.95. The van der Waals surface area contributed by atoms with Crippen molar-refractivity contribution in [2.45, 2.75) is 12.3 Å². The van der Waals surface area contributed by atoms with E-state index in [4.69, 9.17) is 34.8 Å². The Morgan fingerprint density at radius 3 is 2.62 bits per heavy atom. The molecule has 2 aromatic rings. The number of hydrogen-bond acceptors (Lipinski definition) is 3. The van der Waals surface area contributed by atoms with Crippen LogP contribution in [0.25, 0.3) is 5.69 Å². The second-order valence-electron chi connectivity index (χ2n) is 3.16. The van der Waals surface area contributed by atoms with Crippen LogP contribution in [-0.2, 0) is 0 Å². The van der Waals surface area contributed by atoms with Gasteiger partial charge in [-0.2, -0.15) is 4.68 Å². The van der Waals surface area contributed by atoms with Gasteiger partial charge in [-0.25, -0.2) is 0 Å². The number of tetrazole rings is 1. The Labute approximate surface area is 107 Å². The number of rotatable bonds is 2. The predicted octanol–water partition coefficient (Wildman–Crippen LogP) is 3.27. The maximum Gasteiger partial charge on any atom is 0.174 e. The summed E-state index contributed by atoms with van der Waals surface area (Å²) >= 11 is 17.7. The van der Waals surface area contributed by atoms with Crippen molar-refractivity contribution in [2.24, 2.45) is 0 Å². The minimum absolute atomic E-state index is 0.288. The van der Waals surface area contributed by atoms with Crippen LogP contribution in [0.5, 0.6) is 0 Å². The molecule has 0 fully saturated rings. The molecule has 0 spiro atoms. The highest BCUT2D eigenvalue weighted by Gasteiger charge is 2.13. The highest BCUT2D eigenvalue weighted by molar-refractivity contribution is 6.42. The van der Waals surface area contributed by atoms with E-state index in [0.717, 1.165) is 5.69 Å². The third kappa shape index (κ3) is 2.14. The highest BCUT2D eigenvalue weighted by atomic mass is 35.5. The molecule has 0 radical (unpaired) electrons. The van der Waals surface area contributed by atoms with Gasteiger partial charge < -0.3 is 0 Å². The van der Waals surface area contributed by atoms with E-state index in [-0.39, 0.29) is 5.38 Å². The van der Waals surface area contributed by atoms with Crippen LogP contribution in [0.3, 0.4) is 0 Å². The summed E-state index contributed by atoms with van der Waals surface area (Å²) in [7, 11) is 0. The van der Waals surface area contributed by atoms with E-state index in [0.29, 0.717) is 15.9 Å². The molecule has 2 rings (SSSR count). The summed E-state index contributed by atoms with van der Waals surface area (Å²) in [5.41, 5.74) is 0.724. The van der Waals surface area contributed by atoms with E-state index in [9.17, 15) is 0 Å². The zero-order chi connectivity index (χ0) is 11.7. The van der Waals surface area contributed by atoms with Crippen LogP contribution in [0.15, 0.2) is 18.2 Å². The van der Waals surface area contributed by atoms with Gasteiger partial charge in [0.25, 0.3) is 0 Å². The van der Waals surface area contributed by atoms with Gasteiger partial charge in [0.2, 0.25) is 0 Å². The third-order valence-corrected chi connectivity index (χ3v) is 2.93. The molecule has 0 aliphatic rings. The molecule has 0 bridgehead atoms. The fourth-order valence-electron chi connectivity index (χ4n) is 1.24. The van der Waals surface area contributed by atoms with Crippen LogP contribution >= 0.6 is 34.8 Å².